The van der Waals surface area contributed by atoms with Crippen LogP contribution in [-0.4, -0.2) is 9.97 Å². The van der Waals surface area contributed by atoms with Crippen molar-refractivity contribution in [2.75, 3.05) is 5.73 Å². The van der Waals surface area contributed by atoms with Crippen LogP contribution in [0.2, 0.25) is 0 Å². The fraction of sp³-hybridized carbons (Fsp3) is 0.0769. The lowest BCUT2D eigenvalue weighted by Crippen LogP contribution is -1.95. The first-order chi connectivity index (χ1) is 7.72. The zero-order valence-corrected chi connectivity index (χ0v) is 9.14. The molecule has 0 atom stereocenters. The van der Waals surface area contributed by atoms with Crippen LogP contribution >= 0.6 is 0 Å². The van der Waals surface area contributed by atoms with Gasteiger partial charge in [0.1, 0.15) is 0 Å². The van der Waals surface area contributed by atoms with E-state index in [-0.39, 0.29) is 0 Å². The topological polar surface area (TPSA) is 51.8 Å². The van der Waals surface area contributed by atoms with Crippen LogP contribution < -0.4 is 5.73 Å². The van der Waals surface area contributed by atoms with Gasteiger partial charge in [0.15, 0.2) is 5.65 Å². The average molecular weight is 211 g/mol. The maximum atomic E-state index is 5.95. The third-order valence-electron chi connectivity index (χ3n) is 2.31. The second-order valence-corrected chi connectivity index (χ2v) is 3.50. The standard InChI is InChI=1S/C13H13N3/c1-3-5-9(2)12-8-11(14)10-6-4-7-15-13(10)16-12/h3-8H,2H2,1H3,(H2,14,15,16)/b5-3-. The van der Waals surface area contributed by atoms with E-state index >= 15 is 0 Å². The quantitative estimate of drug-likeness (QED) is 0.777. The highest BCUT2D eigenvalue weighted by atomic mass is 14.9. The number of nitrogen functional groups attached to an aromatic ring is 1. The van der Waals surface area contributed by atoms with E-state index < -0.39 is 0 Å². The molecule has 80 valence electrons. The number of nitrogens with zero attached hydrogens (tertiary/aromatic N) is 2. The highest BCUT2D eigenvalue weighted by Crippen LogP contribution is 2.22. The number of hydrogen-bond donors (Lipinski definition) is 1. The number of fused-ring (bicyclic) bond motifs is 1. The molecule has 2 N–H and O–H groups in total. The van der Waals surface area contributed by atoms with E-state index in [0.717, 1.165) is 16.7 Å². The fourth-order valence-electron chi connectivity index (χ4n) is 1.53. The molecule has 2 aromatic heterocycles. The van der Waals surface area contributed by atoms with Crippen molar-refractivity contribution >= 4 is 22.3 Å². The predicted molar refractivity (Wildman–Crippen MR) is 67.8 cm³/mol. The number of pyridine rings is 2. The first kappa shape index (κ1) is 10.4. The summed E-state index contributed by atoms with van der Waals surface area (Å²) in [7, 11) is 0. The summed E-state index contributed by atoms with van der Waals surface area (Å²) in [5.41, 5.74) is 8.88. The summed E-state index contributed by atoms with van der Waals surface area (Å²) >= 11 is 0. The Labute approximate surface area is 94.3 Å². The summed E-state index contributed by atoms with van der Waals surface area (Å²) in [6, 6.07) is 5.58. The van der Waals surface area contributed by atoms with Gasteiger partial charge in [0.25, 0.3) is 0 Å². The largest absolute Gasteiger partial charge is 0.398 e. The molecular formula is C13H13N3. The van der Waals surface area contributed by atoms with Crippen LogP contribution in [0.4, 0.5) is 5.69 Å². The maximum Gasteiger partial charge on any atom is 0.161 e. The van der Waals surface area contributed by atoms with E-state index in [4.69, 9.17) is 5.73 Å². The molecule has 0 radical (unpaired) electrons. The maximum absolute atomic E-state index is 5.95. The number of anilines is 1. The Kier molecular flexibility index (Phi) is 2.68. The lowest BCUT2D eigenvalue weighted by molar-refractivity contribution is 1.26. The Hall–Kier alpha value is -2.16. The Bertz CT molecular complexity index is 570. The summed E-state index contributed by atoms with van der Waals surface area (Å²) < 4.78 is 0. The van der Waals surface area contributed by atoms with Crippen molar-refractivity contribution in [3.63, 3.8) is 0 Å². The van der Waals surface area contributed by atoms with Gasteiger partial charge in [-0.2, -0.15) is 0 Å². The van der Waals surface area contributed by atoms with E-state index in [1.54, 1.807) is 6.20 Å². The molecule has 0 aliphatic rings. The van der Waals surface area contributed by atoms with E-state index in [1.807, 2.05) is 37.3 Å². The molecule has 0 fully saturated rings. The molecule has 0 amide bonds. The molecule has 0 aliphatic carbocycles. The molecule has 2 rings (SSSR count). The Morgan fingerprint density at radius 3 is 3.06 bits per heavy atom. The van der Waals surface area contributed by atoms with Crippen molar-refractivity contribution in [1.82, 2.24) is 9.97 Å². The smallest absolute Gasteiger partial charge is 0.161 e. The molecule has 0 unspecified atom stereocenters. The van der Waals surface area contributed by atoms with Crippen molar-refractivity contribution in [3.8, 4) is 0 Å². The third kappa shape index (κ3) is 1.80. The van der Waals surface area contributed by atoms with Gasteiger partial charge in [-0.15, -0.1) is 0 Å². The predicted octanol–water partition coefficient (Wildman–Crippen LogP) is 2.80. The zero-order valence-electron chi connectivity index (χ0n) is 9.14. The van der Waals surface area contributed by atoms with Crippen LogP contribution in [-0.2, 0) is 0 Å². The van der Waals surface area contributed by atoms with Crippen molar-refractivity contribution in [1.29, 1.82) is 0 Å². The lowest BCUT2D eigenvalue weighted by Gasteiger charge is -2.05. The highest BCUT2D eigenvalue weighted by Gasteiger charge is 2.04. The van der Waals surface area contributed by atoms with Gasteiger partial charge < -0.3 is 5.73 Å². The normalized spacial score (nSPS) is 11.1. The van der Waals surface area contributed by atoms with Crippen LogP contribution in [0.15, 0.2) is 43.1 Å². The highest BCUT2D eigenvalue weighted by molar-refractivity contribution is 5.90. The first-order valence-electron chi connectivity index (χ1n) is 5.05. The van der Waals surface area contributed by atoms with Crippen LogP contribution in [0.3, 0.4) is 0 Å². The van der Waals surface area contributed by atoms with Gasteiger partial charge in [-0.3, -0.25) is 0 Å². The Morgan fingerprint density at radius 1 is 1.50 bits per heavy atom. The van der Waals surface area contributed by atoms with Crippen molar-refractivity contribution in [3.05, 3.63) is 48.8 Å². The van der Waals surface area contributed by atoms with Gasteiger partial charge >= 0.3 is 0 Å². The number of hydrogen-bond acceptors (Lipinski definition) is 3. The van der Waals surface area contributed by atoms with Crippen molar-refractivity contribution in [2.24, 2.45) is 0 Å². The van der Waals surface area contributed by atoms with Crippen LogP contribution in [0.25, 0.3) is 16.6 Å². The summed E-state index contributed by atoms with van der Waals surface area (Å²) in [4.78, 5) is 8.60. The molecule has 2 aromatic rings. The minimum Gasteiger partial charge on any atom is -0.398 e. The third-order valence-corrected chi connectivity index (χ3v) is 2.31. The van der Waals surface area contributed by atoms with Gasteiger partial charge in [0, 0.05) is 17.3 Å². The van der Waals surface area contributed by atoms with Gasteiger partial charge in [-0.1, -0.05) is 18.7 Å². The minimum absolute atomic E-state index is 0.656. The van der Waals surface area contributed by atoms with Gasteiger partial charge in [0.2, 0.25) is 0 Å². The minimum atomic E-state index is 0.656. The zero-order chi connectivity index (χ0) is 11.5. The number of aromatic nitrogens is 2. The summed E-state index contributed by atoms with van der Waals surface area (Å²) in [6.07, 6.45) is 5.52. The molecule has 2 heterocycles. The van der Waals surface area contributed by atoms with Gasteiger partial charge in [-0.25, -0.2) is 9.97 Å². The van der Waals surface area contributed by atoms with E-state index in [2.05, 4.69) is 16.5 Å². The average Bonchev–Trinajstić information content (AvgIpc) is 2.29. The SMILES string of the molecule is C=C(/C=C\C)c1cc(N)c2cccnc2n1. The van der Waals surface area contributed by atoms with E-state index in [0.29, 0.717) is 11.3 Å². The van der Waals surface area contributed by atoms with Crippen LogP contribution in [0.1, 0.15) is 12.6 Å². The second kappa shape index (κ2) is 4.14. The van der Waals surface area contributed by atoms with E-state index in [9.17, 15) is 0 Å². The van der Waals surface area contributed by atoms with Crippen molar-refractivity contribution < 1.29 is 0 Å². The van der Waals surface area contributed by atoms with Crippen LogP contribution in [0.5, 0.6) is 0 Å². The van der Waals surface area contributed by atoms with Gasteiger partial charge in [0.05, 0.1) is 5.69 Å². The molecular weight excluding hydrogens is 198 g/mol. The van der Waals surface area contributed by atoms with Gasteiger partial charge in [-0.05, 0) is 30.7 Å². The molecule has 0 aromatic carbocycles. The number of nitrogens with two attached hydrogens (primary N) is 1. The molecule has 0 saturated heterocycles. The monoisotopic (exact) mass is 211 g/mol. The second-order valence-electron chi connectivity index (χ2n) is 3.50. The molecule has 0 aliphatic heterocycles. The summed E-state index contributed by atoms with van der Waals surface area (Å²) in [5.74, 6) is 0. The summed E-state index contributed by atoms with van der Waals surface area (Å²) in [6.45, 7) is 5.87. The first-order valence-corrected chi connectivity index (χ1v) is 5.05. The molecule has 0 bridgehead atoms. The van der Waals surface area contributed by atoms with E-state index in [1.165, 1.54) is 0 Å². The number of allylic oxidation sites excluding steroid dienone is 3. The molecule has 3 heteroatoms. The van der Waals surface area contributed by atoms with Crippen LogP contribution in [0, 0.1) is 0 Å². The Morgan fingerprint density at radius 2 is 2.31 bits per heavy atom. The Balaban J connectivity index is 2.62. The molecule has 3 nitrogen and oxygen atoms in total. The number of rotatable bonds is 2. The lowest BCUT2D eigenvalue weighted by atomic mass is 10.1. The fourth-order valence-corrected chi connectivity index (χ4v) is 1.53. The molecule has 0 saturated carbocycles. The molecule has 0 spiro atoms. The van der Waals surface area contributed by atoms with Crippen molar-refractivity contribution in [2.45, 2.75) is 6.92 Å². The molecule has 16 heavy (non-hydrogen) atoms. The summed E-state index contributed by atoms with van der Waals surface area (Å²) in [5, 5.41) is 0.875.